The van der Waals surface area contributed by atoms with Crippen LogP contribution in [0, 0.1) is 5.92 Å². The van der Waals surface area contributed by atoms with Crippen LogP contribution in [0.15, 0.2) is 22.8 Å². The van der Waals surface area contributed by atoms with Gasteiger partial charge in [0.25, 0.3) is 0 Å². The Morgan fingerprint density at radius 2 is 2.47 bits per heavy atom. The van der Waals surface area contributed by atoms with Crippen molar-refractivity contribution < 1.29 is 9.53 Å². The van der Waals surface area contributed by atoms with Gasteiger partial charge in [0, 0.05) is 17.3 Å². The van der Waals surface area contributed by atoms with E-state index in [-0.39, 0.29) is 17.9 Å². The summed E-state index contributed by atoms with van der Waals surface area (Å²) in [5.74, 6) is 0.537. The Balaban J connectivity index is 1.99. The van der Waals surface area contributed by atoms with E-state index in [0.717, 1.165) is 17.3 Å². The fourth-order valence-corrected chi connectivity index (χ4v) is 2.25. The Labute approximate surface area is 109 Å². The highest BCUT2D eigenvalue weighted by Gasteiger charge is 2.32. The van der Waals surface area contributed by atoms with Crippen LogP contribution in [0.2, 0.25) is 0 Å². The van der Waals surface area contributed by atoms with Crippen molar-refractivity contribution in [1.82, 2.24) is 4.98 Å². The zero-order chi connectivity index (χ0) is 12.3. The van der Waals surface area contributed by atoms with E-state index in [1.165, 1.54) is 0 Å². The van der Waals surface area contributed by atoms with Gasteiger partial charge in [0.05, 0.1) is 12.0 Å². The SMILES string of the molecule is CCC1OCCC1C(=O)Nc1ccc(Br)cn1. The summed E-state index contributed by atoms with van der Waals surface area (Å²) in [5.41, 5.74) is 0. The molecule has 5 heteroatoms. The van der Waals surface area contributed by atoms with Gasteiger partial charge < -0.3 is 10.1 Å². The van der Waals surface area contributed by atoms with Crippen LogP contribution >= 0.6 is 15.9 Å². The fraction of sp³-hybridized carbons (Fsp3) is 0.500. The van der Waals surface area contributed by atoms with Crippen molar-refractivity contribution in [3.63, 3.8) is 0 Å². The Hall–Kier alpha value is -0.940. The van der Waals surface area contributed by atoms with E-state index in [0.29, 0.717) is 12.4 Å². The Bertz CT molecular complexity index is 394. The summed E-state index contributed by atoms with van der Waals surface area (Å²) >= 11 is 3.30. The molecule has 0 aliphatic carbocycles. The number of carbonyl (C=O) groups is 1. The van der Waals surface area contributed by atoms with E-state index in [1.54, 1.807) is 12.3 Å². The number of nitrogens with zero attached hydrogens (tertiary/aromatic N) is 1. The third kappa shape index (κ3) is 3.04. The smallest absolute Gasteiger partial charge is 0.231 e. The van der Waals surface area contributed by atoms with Crippen LogP contribution in [0.3, 0.4) is 0 Å². The van der Waals surface area contributed by atoms with Crippen LogP contribution in [-0.2, 0) is 9.53 Å². The summed E-state index contributed by atoms with van der Waals surface area (Å²) < 4.78 is 6.40. The van der Waals surface area contributed by atoms with Crippen LogP contribution in [0.4, 0.5) is 5.82 Å². The maximum atomic E-state index is 12.0. The first-order valence-corrected chi connectivity index (χ1v) is 6.54. The number of hydrogen-bond donors (Lipinski definition) is 1. The molecule has 1 saturated heterocycles. The largest absolute Gasteiger partial charge is 0.377 e. The predicted octanol–water partition coefficient (Wildman–Crippen LogP) is 2.60. The summed E-state index contributed by atoms with van der Waals surface area (Å²) in [6.07, 6.45) is 3.37. The van der Waals surface area contributed by atoms with Crippen molar-refractivity contribution in [3.8, 4) is 0 Å². The summed E-state index contributed by atoms with van der Waals surface area (Å²) in [7, 11) is 0. The Morgan fingerprint density at radius 1 is 1.65 bits per heavy atom. The second-order valence-corrected chi connectivity index (χ2v) is 4.98. The maximum absolute atomic E-state index is 12.0. The van der Waals surface area contributed by atoms with Crippen LogP contribution in [0.1, 0.15) is 19.8 Å². The van der Waals surface area contributed by atoms with E-state index in [1.807, 2.05) is 13.0 Å². The molecule has 1 N–H and O–H groups in total. The van der Waals surface area contributed by atoms with Crippen molar-refractivity contribution in [3.05, 3.63) is 22.8 Å². The number of anilines is 1. The van der Waals surface area contributed by atoms with Gasteiger partial charge in [0.2, 0.25) is 5.91 Å². The van der Waals surface area contributed by atoms with Crippen molar-refractivity contribution in [2.75, 3.05) is 11.9 Å². The normalized spacial score (nSPS) is 23.6. The lowest BCUT2D eigenvalue weighted by Gasteiger charge is -2.15. The zero-order valence-electron chi connectivity index (χ0n) is 9.65. The maximum Gasteiger partial charge on any atom is 0.231 e. The third-order valence-electron chi connectivity index (χ3n) is 2.93. The minimum absolute atomic E-state index is 0.00386. The van der Waals surface area contributed by atoms with Gasteiger partial charge in [0.15, 0.2) is 0 Å². The zero-order valence-corrected chi connectivity index (χ0v) is 11.2. The molecular formula is C12H15BrN2O2. The molecule has 0 aromatic carbocycles. The summed E-state index contributed by atoms with van der Waals surface area (Å²) in [4.78, 5) is 16.1. The number of rotatable bonds is 3. The first kappa shape index (κ1) is 12.5. The third-order valence-corrected chi connectivity index (χ3v) is 3.40. The molecule has 1 aromatic rings. The summed E-state index contributed by atoms with van der Waals surface area (Å²) in [5, 5.41) is 2.82. The lowest BCUT2D eigenvalue weighted by Crippen LogP contribution is -2.29. The van der Waals surface area contributed by atoms with Gasteiger partial charge >= 0.3 is 0 Å². The molecule has 2 rings (SSSR count). The molecule has 4 nitrogen and oxygen atoms in total. The fourth-order valence-electron chi connectivity index (χ4n) is 2.02. The molecule has 1 aliphatic rings. The molecule has 1 aliphatic heterocycles. The van der Waals surface area contributed by atoms with Crippen molar-refractivity contribution >= 4 is 27.7 Å². The molecule has 1 amide bonds. The number of carbonyl (C=O) groups excluding carboxylic acids is 1. The molecule has 0 spiro atoms. The first-order chi connectivity index (χ1) is 8.20. The molecular weight excluding hydrogens is 284 g/mol. The quantitative estimate of drug-likeness (QED) is 0.933. The van der Waals surface area contributed by atoms with E-state index in [2.05, 4.69) is 26.2 Å². The van der Waals surface area contributed by atoms with E-state index in [4.69, 9.17) is 4.74 Å². The average molecular weight is 299 g/mol. The Kier molecular flexibility index (Phi) is 4.12. The molecule has 17 heavy (non-hydrogen) atoms. The molecule has 0 radical (unpaired) electrons. The van der Waals surface area contributed by atoms with Gasteiger partial charge in [-0.1, -0.05) is 6.92 Å². The predicted molar refractivity (Wildman–Crippen MR) is 68.7 cm³/mol. The number of aromatic nitrogens is 1. The second-order valence-electron chi connectivity index (χ2n) is 4.06. The van der Waals surface area contributed by atoms with Crippen LogP contribution < -0.4 is 5.32 Å². The Morgan fingerprint density at radius 3 is 3.12 bits per heavy atom. The molecule has 2 atom stereocenters. The topological polar surface area (TPSA) is 51.2 Å². The number of halogens is 1. The molecule has 0 saturated carbocycles. The van der Waals surface area contributed by atoms with Gasteiger partial charge in [-0.2, -0.15) is 0 Å². The second kappa shape index (κ2) is 5.60. The number of pyridine rings is 1. The highest BCUT2D eigenvalue weighted by Crippen LogP contribution is 2.24. The molecule has 2 heterocycles. The summed E-state index contributed by atoms with van der Waals surface area (Å²) in [6, 6.07) is 3.63. The monoisotopic (exact) mass is 298 g/mol. The number of nitrogens with one attached hydrogen (secondary N) is 1. The van der Waals surface area contributed by atoms with Gasteiger partial charge in [-0.15, -0.1) is 0 Å². The molecule has 92 valence electrons. The highest BCUT2D eigenvalue weighted by atomic mass is 79.9. The molecule has 1 aromatic heterocycles. The van der Waals surface area contributed by atoms with E-state index < -0.39 is 0 Å². The molecule has 0 bridgehead atoms. The minimum atomic E-state index is -0.0505. The van der Waals surface area contributed by atoms with Crippen molar-refractivity contribution in [2.24, 2.45) is 5.92 Å². The van der Waals surface area contributed by atoms with Crippen molar-refractivity contribution in [2.45, 2.75) is 25.9 Å². The van der Waals surface area contributed by atoms with Gasteiger partial charge in [-0.25, -0.2) is 4.98 Å². The minimum Gasteiger partial charge on any atom is -0.377 e. The van der Waals surface area contributed by atoms with Gasteiger partial charge in [-0.05, 0) is 40.9 Å². The highest BCUT2D eigenvalue weighted by molar-refractivity contribution is 9.10. The van der Waals surface area contributed by atoms with Crippen molar-refractivity contribution in [1.29, 1.82) is 0 Å². The van der Waals surface area contributed by atoms with Crippen LogP contribution in [0.25, 0.3) is 0 Å². The van der Waals surface area contributed by atoms with Gasteiger partial charge in [0.1, 0.15) is 5.82 Å². The number of ether oxygens (including phenoxy) is 1. The van der Waals surface area contributed by atoms with E-state index >= 15 is 0 Å². The number of hydrogen-bond acceptors (Lipinski definition) is 3. The van der Waals surface area contributed by atoms with Gasteiger partial charge in [-0.3, -0.25) is 4.79 Å². The van der Waals surface area contributed by atoms with E-state index in [9.17, 15) is 4.79 Å². The molecule has 2 unspecified atom stereocenters. The summed E-state index contributed by atoms with van der Waals surface area (Å²) in [6.45, 7) is 2.71. The lowest BCUT2D eigenvalue weighted by atomic mass is 9.99. The molecule has 1 fully saturated rings. The van der Waals surface area contributed by atoms with Crippen LogP contribution in [0.5, 0.6) is 0 Å². The first-order valence-electron chi connectivity index (χ1n) is 5.74. The lowest BCUT2D eigenvalue weighted by molar-refractivity contribution is -0.121. The standard InChI is InChI=1S/C12H15BrN2O2/c1-2-10-9(5-6-17-10)12(16)15-11-4-3-8(13)7-14-11/h3-4,7,9-10H,2,5-6H2,1H3,(H,14,15,16). The van der Waals surface area contributed by atoms with Crippen LogP contribution in [-0.4, -0.2) is 23.6 Å². The number of amides is 1. The average Bonchev–Trinajstić information content (AvgIpc) is 2.80.